The summed E-state index contributed by atoms with van der Waals surface area (Å²) in [6.07, 6.45) is 1.64. The van der Waals surface area contributed by atoms with Gasteiger partial charge in [-0.2, -0.15) is 0 Å². The molecule has 0 saturated heterocycles. The first-order valence-electron chi connectivity index (χ1n) is 6.23. The van der Waals surface area contributed by atoms with E-state index in [2.05, 4.69) is 14.7 Å². The van der Waals surface area contributed by atoms with Crippen LogP contribution in [0.25, 0.3) is 11.3 Å². The second kappa shape index (κ2) is 5.34. The molecule has 21 heavy (non-hydrogen) atoms. The molecule has 2 heterocycles. The van der Waals surface area contributed by atoms with Crippen molar-refractivity contribution in [3.8, 4) is 11.3 Å². The quantitative estimate of drug-likeness (QED) is 0.775. The van der Waals surface area contributed by atoms with Crippen LogP contribution < -0.4 is 4.72 Å². The Hall–Kier alpha value is -2.12. The number of hydrogen-bond donors (Lipinski definition) is 2. The predicted octanol–water partition coefficient (Wildman–Crippen LogP) is 3.25. The van der Waals surface area contributed by atoms with Crippen molar-refractivity contribution in [3.05, 3.63) is 53.8 Å². The summed E-state index contributed by atoms with van der Waals surface area (Å²) < 4.78 is 27.1. The fraction of sp³-hybridized carbons (Fsp3) is 0.0714. The van der Waals surface area contributed by atoms with Gasteiger partial charge in [0.25, 0.3) is 10.0 Å². The summed E-state index contributed by atoms with van der Waals surface area (Å²) in [5.41, 5.74) is 3.30. The van der Waals surface area contributed by atoms with Crippen LogP contribution in [0.4, 0.5) is 5.69 Å². The molecule has 0 spiro atoms. The third kappa shape index (κ3) is 2.84. The topological polar surface area (TPSA) is 74.8 Å². The van der Waals surface area contributed by atoms with Crippen LogP contribution in [0.3, 0.4) is 0 Å². The Bertz CT molecular complexity index is 835. The van der Waals surface area contributed by atoms with Crippen molar-refractivity contribution < 1.29 is 8.42 Å². The molecule has 3 aromatic rings. The van der Waals surface area contributed by atoms with Crippen LogP contribution in [0, 0.1) is 6.92 Å². The molecule has 0 amide bonds. The lowest BCUT2D eigenvalue weighted by Gasteiger charge is -2.07. The van der Waals surface area contributed by atoms with Gasteiger partial charge >= 0.3 is 0 Å². The number of rotatable bonds is 4. The number of sulfonamides is 1. The Labute approximate surface area is 126 Å². The Kier molecular flexibility index (Phi) is 3.52. The summed E-state index contributed by atoms with van der Waals surface area (Å²) in [5, 5.41) is 1.73. The van der Waals surface area contributed by atoms with Crippen molar-refractivity contribution in [1.29, 1.82) is 0 Å². The Balaban J connectivity index is 1.84. The molecule has 0 aliphatic rings. The number of imidazole rings is 1. The highest BCUT2D eigenvalue weighted by Crippen LogP contribution is 2.24. The third-order valence-corrected chi connectivity index (χ3v) is 5.78. The summed E-state index contributed by atoms with van der Waals surface area (Å²) in [7, 11) is -3.50. The molecule has 2 N–H and O–H groups in total. The number of aromatic amines is 1. The van der Waals surface area contributed by atoms with Gasteiger partial charge in [-0.15, -0.1) is 11.3 Å². The number of H-pyrrole nitrogens is 1. The number of anilines is 1. The molecule has 3 rings (SSSR count). The highest BCUT2D eigenvalue weighted by molar-refractivity contribution is 7.94. The minimum absolute atomic E-state index is 0.301. The molecule has 1 aromatic carbocycles. The highest BCUT2D eigenvalue weighted by Gasteiger charge is 2.15. The number of nitrogens with one attached hydrogen (secondary N) is 2. The lowest BCUT2D eigenvalue weighted by molar-refractivity contribution is 0.603. The first-order valence-corrected chi connectivity index (χ1v) is 8.59. The fourth-order valence-corrected chi connectivity index (χ4v) is 4.02. The van der Waals surface area contributed by atoms with Crippen LogP contribution in [0.5, 0.6) is 0 Å². The number of nitrogens with zero attached hydrogens (tertiary/aromatic N) is 1. The molecule has 7 heteroatoms. The molecule has 0 saturated carbocycles. The van der Waals surface area contributed by atoms with Crippen molar-refractivity contribution in [2.24, 2.45) is 0 Å². The van der Waals surface area contributed by atoms with E-state index in [-0.39, 0.29) is 0 Å². The monoisotopic (exact) mass is 319 g/mol. The molecule has 0 unspecified atom stereocenters. The molecular weight excluding hydrogens is 306 g/mol. The number of hydrogen-bond acceptors (Lipinski definition) is 4. The van der Waals surface area contributed by atoms with Crippen LogP contribution in [0.1, 0.15) is 5.69 Å². The van der Waals surface area contributed by atoms with Crippen molar-refractivity contribution in [1.82, 2.24) is 9.97 Å². The van der Waals surface area contributed by atoms with Gasteiger partial charge in [-0.1, -0.05) is 18.2 Å². The molecule has 0 radical (unpaired) electrons. The van der Waals surface area contributed by atoms with Crippen LogP contribution in [-0.2, 0) is 10.0 Å². The van der Waals surface area contributed by atoms with E-state index in [0.717, 1.165) is 17.0 Å². The van der Waals surface area contributed by atoms with E-state index in [1.165, 1.54) is 11.3 Å². The van der Waals surface area contributed by atoms with Gasteiger partial charge in [0.1, 0.15) is 4.21 Å². The zero-order chi connectivity index (χ0) is 14.9. The molecule has 0 bridgehead atoms. The van der Waals surface area contributed by atoms with Gasteiger partial charge in [-0.05, 0) is 30.5 Å². The zero-order valence-electron chi connectivity index (χ0n) is 11.2. The van der Waals surface area contributed by atoms with Crippen LogP contribution in [-0.4, -0.2) is 18.4 Å². The summed E-state index contributed by atoms with van der Waals surface area (Å²) in [4.78, 5) is 7.26. The second-order valence-corrected chi connectivity index (χ2v) is 7.35. The second-order valence-electron chi connectivity index (χ2n) is 4.49. The number of aryl methyl sites for hydroxylation is 1. The molecule has 0 aliphatic carbocycles. The zero-order valence-corrected chi connectivity index (χ0v) is 12.8. The molecule has 5 nitrogen and oxygen atoms in total. The van der Waals surface area contributed by atoms with E-state index >= 15 is 0 Å². The summed E-state index contributed by atoms with van der Waals surface area (Å²) in [6, 6.07) is 10.4. The highest BCUT2D eigenvalue weighted by atomic mass is 32.2. The van der Waals surface area contributed by atoms with Crippen molar-refractivity contribution in [2.45, 2.75) is 11.1 Å². The SMILES string of the molecule is Cc1[nH]cnc1-c1ccc(NS(=O)(=O)c2cccs2)cc1. The van der Waals surface area contributed by atoms with Gasteiger partial charge < -0.3 is 4.98 Å². The lowest BCUT2D eigenvalue weighted by Crippen LogP contribution is -2.11. The largest absolute Gasteiger partial charge is 0.348 e. The number of thiophene rings is 1. The maximum Gasteiger partial charge on any atom is 0.271 e. The summed E-state index contributed by atoms with van der Waals surface area (Å²) in [5.74, 6) is 0. The molecule has 2 aromatic heterocycles. The van der Waals surface area contributed by atoms with E-state index in [1.807, 2.05) is 19.1 Å². The van der Waals surface area contributed by atoms with Crippen molar-refractivity contribution in [3.63, 3.8) is 0 Å². The standard InChI is InChI=1S/C14H13N3O2S2/c1-10-14(16-9-15-10)11-4-6-12(7-5-11)17-21(18,19)13-3-2-8-20-13/h2-9,17H,1H3,(H,15,16). The van der Waals surface area contributed by atoms with Crippen molar-refractivity contribution in [2.75, 3.05) is 4.72 Å². The maximum atomic E-state index is 12.1. The Morgan fingerprint density at radius 2 is 1.95 bits per heavy atom. The first kappa shape index (κ1) is 13.8. The smallest absolute Gasteiger partial charge is 0.271 e. The minimum atomic E-state index is -3.50. The molecule has 108 valence electrons. The van der Waals surface area contributed by atoms with E-state index in [1.54, 1.807) is 36.0 Å². The van der Waals surface area contributed by atoms with E-state index in [0.29, 0.717) is 9.90 Å². The number of aromatic nitrogens is 2. The van der Waals surface area contributed by atoms with Gasteiger partial charge in [0, 0.05) is 16.9 Å². The Morgan fingerprint density at radius 1 is 1.19 bits per heavy atom. The predicted molar refractivity (Wildman–Crippen MR) is 83.9 cm³/mol. The van der Waals surface area contributed by atoms with Crippen LogP contribution >= 0.6 is 11.3 Å². The molecule has 0 aliphatic heterocycles. The fourth-order valence-electron chi connectivity index (χ4n) is 1.97. The molecule has 0 fully saturated rings. The normalized spacial score (nSPS) is 11.5. The lowest BCUT2D eigenvalue weighted by atomic mass is 10.1. The first-order chi connectivity index (χ1) is 10.1. The molecule has 0 atom stereocenters. The number of benzene rings is 1. The Morgan fingerprint density at radius 3 is 2.52 bits per heavy atom. The van der Waals surface area contributed by atoms with E-state index < -0.39 is 10.0 Å². The van der Waals surface area contributed by atoms with E-state index in [9.17, 15) is 8.42 Å². The van der Waals surface area contributed by atoms with Gasteiger partial charge in [0.05, 0.1) is 12.0 Å². The van der Waals surface area contributed by atoms with Gasteiger partial charge in [-0.25, -0.2) is 13.4 Å². The van der Waals surface area contributed by atoms with Gasteiger partial charge in [0.15, 0.2) is 0 Å². The minimum Gasteiger partial charge on any atom is -0.348 e. The van der Waals surface area contributed by atoms with E-state index in [4.69, 9.17) is 0 Å². The molecular formula is C14H13N3O2S2. The summed E-state index contributed by atoms with van der Waals surface area (Å²) >= 11 is 1.19. The summed E-state index contributed by atoms with van der Waals surface area (Å²) in [6.45, 7) is 1.94. The van der Waals surface area contributed by atoms with Crippen LogP contribution in [0.2, 0.25) is 0 Å². The average molecular weight is 319 g/mol. The average Bonchev–Trinajstić information content (AvgIpc) is 3.10. The maximum absolute atomic E-state index is 12.1. The van der Waals surface area contributed by atoms with Gasteiger partial charge in [-0.3, -0.25) is 4.72 Å². The third-order valence-electron chi connectivity index (χ3n) is 3.00. The van der Waals surface area contributed by atoms with Crippen molar-refractivity contribution >= 4 is 27.0 Å². The van der Waals surface area contributed by atoms with Gasteiger partial charge in [0.2, 0.25) is 0 Å². The van der Waals surface area contributed by atoms with Crippen LogP contribution in [0.15, 0.2) is 52.3 Å².